The summed E-state index contributed by atoms with van der Waals surface area (Å²) in [6.07, 6.45) is 5.04. The number of alkyl halides is 3. The van der Waals surface area contributed by atoms with Gasteiger partial charge in [-0.05, 0) is 60.7 Å². The van der Waals surface area contributed by atoms with Crippen LogP contribution in [0.4, 0.5) is 24.8 Å². The molecule has 17 heteroatoms. The van der Waals surface area contributed by atoms with Crippen molar-refractivity contribution in [2.75, 3.05) is 38.2 Å². The van der Waals surface area contributed by atoms with Crippen molar-refractivity contribution in [1.29, 1.82) is 5.26 Å². The van der Waals surface area contributed by atoms with Crippen LogP contribution in [0.5, 0.6) is 11.6 Å². The minimum absolute atomic E-state index is 0.0303. The molecule has 47 heavy (non-hydrogen) atoms. The highest BCUT2D eigenvalue weighted by Crippen LogP contribution is 2.35. The summed E-state index contributed by atoms with van der Waals surface area (Å²) in [6.45, 7) is 4.06. The molecule has 1 aliphatic carbocycles. The lowest BCUT2D eigenvalue weighted by Gasteiger charge is -2.38. The average molecular weight is 654 g/mol. The van der Waals surface area contributed by atoms with Crippen molar-refractivity contribution in [2.45, 2.75) is 63.5 Å². The Labute approximate surface area is 268 Å². The van der Waals surface area contributed by atoms with Gasteiger partial charge in [0, 0.05) is 37.1 Å². The third-order valence-electron chi connectivity index (χ3n) is 8.17. The molecule has 1 N–H and O–H groups in total. The van der Waals surface area contributed by atoms with Crippen LogP contribution in [0.15, 0.2) is 43.1 Å². The molecule has 1 saturated heterocycles. The van der Waals surface area contributed by atoms with Crippen molar-refractivity contribution < 1.29 is 27.4 Å². The fourth-order valence-electron chi connectivity index (χ4n) is 5.87. The van der Waals surface area contributed by atoms with Crippen LogP contribution >= 0.6 is 0 Å². The molecule has 248 valence electrons. The second-order valence-corrected chi connectivity index (χ2v) is 11.5. The Morgan fingerprint density at radius 2 is 1.83 bits per heavy atom. The van der Waals surface area contributed by atoms with Gasteiger partial charge in [0.05, 0.1) is 37.6 Å². The van der Waals surface area contributed by atoms with Crippen molar-refractivity contribution in [3.8, 4) is 28.8 Å². The molecule has 6 rings (SSSR count). The van der Waals surface area contributed by atoms with Gasteiger partial charge in [-0.25, -0.2) is 14.6 Å². The van der Waals surface area contributed by atoms with Crippen molar-refractivity contribution >= 4 is 11.6 Å². The van der Waals surface area contributed by atoms with Crippen molar-refractivity contribution in [2.24, 2.45) is 0 Å². The van der Waals surface area contributed by atoms with Gasteiger partial charge in [-0.1, -0.05) is 6.07 Å². The predicted octanol–water partition coefficient (Wildman–Crippen LogP) is 4.17. The maximum absolute atomic E-state index is 13.1. The van der Waals surface area contributed by atoms with E-state index in [9.17, 15) is 18.4 Å². The molecule has 1 saturated carbocycles. The molecule has 1 atom stereocenters. The Morgan fingerprint density at radius 3 is 2.51 bits per heavy atom. The molecule has 0 radical (unpaired) electrons. The Kier molecular flexibility index (Phi) is 9.78. The molecule has 1 aromatic carbocycles. The number of nitriles is 1. The first kappa shape index (κ1) is 32.1. The zero-order chi connectivity index (χ0) is 32.8. The number of morpholine rings is 1. The Hall–Kier alpha value is -4.82. The number of anilines is 2. The van der Waals surface area contributed by atoms with E-state index in [1.54, 1.807) is 41.5 Å². The van der Waals surface area contributed by atoms with Crippen LogP contribution in [-0.2, 0) is 11.3 Å². The number of benzene rings is 1. The maximum atomic E-state index is 13.1. The Bertz CT molecular complexity index is 1640. The van der Waals surface area contributed by atoms with Gasteiger partial charge in [0.2, 0.25) is 5.95 Å². The monoisotopic (exact) mass is 653 g/mol. The third kappa shape index (κ3) is 8.32. The number of hydrogen-bond acceptors (Lipinski definition) is 12. The lowest BCUT2D eigenvalue weighted by molar-refractivity contribution is -0.154. The maximum Gasteiger partial charge on any atom is 0.422 e. The predicted molar refractivity (Wildman–Crippen MR) is 161 cm³/mol. The minimum Gasteiger partial charge on any atom is -0.487 e. The molecule has 2 aliphatic rings. The molecular weight excluding hydrogens is 619 g/mol. The largest absolute Gasteiger partial charge is 0.487 e. The molecule has 2 fully saturated rings. The quantitative estimate of drug-likeness (QED) is 0.247. The number of ether oxygens (including phenoxy) is 3. The van der Waals surface area contributed by atoms with Gasteiger partial charge in [-0.2, -0.15) is 18.4 Å². The van der Waals surface area contributed by atoms with E-state index >= 15 is 0 Å². The second kappa shape index (κ2) is 14.3. The van der Waals surface area contributed by atoms with Gasteiger partial charge in [-0.15, -0.1) is 10.2 Å². The lowest BCUT2D eigenvalue weighted by atomic mass is 9.90. The van der Waals surface area contributed by atoms with E-state index in [4.69, 9.17) is 14.2 Å². The Balaban J connectivity index is 1.15. The van der Waals surface area contributed by atoms with Crippen molar-refractivity contribution in [1.82, 2.24) is 44.9 Å². The molecule has 1 unspecified atom stereocenters. The van der Waals surface area contributed by atoms with Crippen LogP contribution in [0.2, 0.25) is 0 Å². The summed E-state index contributed by atoms with van der Waals surface area (Å²) < 4.78 is 59.0. The zero-order valence-electron chi connectivity index (χ0n) is 25.7. The summed E-state index contributed by atoms with van der Waals surface area (Å²) in [5.74, 6) is 0.363. The molecule has 1 aliphatic heterocycles. The van der Waals surface area contributed by atoms with E-state index in [1.807, 2.05) is 6.92 Å². The summed E-state index contributed by atoms with van der Waals surface area (Å²) >= 11 is 0. The summed E-state index contributed by atoms with van der Waals surface area (Å²) in [5.41, 5.74) is 1.94. The smallest absolute Gasteiger partial charge is 0.422 e. The summed E-state index contributed by atoms with van der Waals surface area (Å²) in [7, 11) is 0. The fourth-order valence-corrected chi connectivity index (χ4v) is 5.87. The van der Waals surface area contributed by atoms with E-state index in [0.29, 0.717) is 35.0 Å². The van der Waals surface area contributed by atoms with Gasteiger partial charge < -0.3 is 19.5 Å². The zero-order valence-corrected chi connectivity index (χ0v) is 25.7. The number of halogens is 3. The number of rotatable bonds is 11. The van der Waals surface area contributed by atoms with E-state index in [0.717, 1.165) is 52.0 Å². The fraction of sp³-hybridized carbons (Fsp3) is 0.500. The number of nitrogens with one attached hydrogen (secondary N) is 1. The molecule has 3 aromatic heterocycles. The standard InChI is InChI=1S/C30H34F3N11O3/c1-20(16-43-19-37-40-41-43)47-27-12-21(2-3-22(27)13-34)23-14-35-29(36-15-23)38-26-17-44(39-28(26)46-18-30(31,32)33)25-6-4-24(5-7-25)42-8-10-45-11-9-42/h2-3,12,14-15,17,19-20,24-25H,4-11,16,18H2,1H3,(H,35,36,38)/t20?,24-,25-. The summed E-state index contributed by atoms with van der Waals surface area (Å²) in [4.78, 5) is 11.2. The van der Waals surface area contributed by atoms with Crippen LogP contribution in [0.25, 0.3) is 11.1 Å². The third-order valence-corrected chi connectivity index (χ3v) is 8.17. The van der Waals surface area contributed by atoms with Gasteiger partial charge >= 0.3 is 6.18 Å². The number of aromatic nitrogens is 8. The van der Waals surface area contributed by atoms with Crippen LogP contribution in [0.3, 0.4) is 0 Å². The normalized spacial score (nSPS) is 19.6. The van der Waals surface area contributed by atoms with Crippen LogP contribution < -0.4 is 14.8 Å². The van der Waals surface area contributed by atoms with Gasteiger partial charge in [0.15, 0.2) is 6.61 Å². The topological polar surface area (TPSA) is 154 Å². The molecule has 4 heterocycles. The summed E-state index contributed by atoms with van der Waals surface area (Å²) in [6, 6.07) is 7.75. The molecule has 0 bridgehead atoms. The highest BCUT2D eigenvalue weighted by Gasteiger charge is 2.32. The van der Waals surface area contributed by atoms with Crippen molar-refractivity contribution in [3.63, 3.8) is 0 Å². The number of hydrogen-bond donors (Lipinski definition) is 1. The Morgan fingerprint density at radius 1 is 1.09 bits per heavy atom. The first-order valence-electron chi connectivity index (χ1n) is 15.4. The van der Waals surface area contributed by atoms with E-state index in [-0.39, 0.29) is 29.7 Å². The number of nitrogens with zero attached hydrogens (tertiary/aromatic N) is 10. The molecular formula is C30H34F3N11O3. The molecule has 4 aromatic rings. The SMILES string of the molecule is CC(Cn1cnnn1)Oc1cc(-c2cnc(Nc3cn([C@H]4CC[C@H](N5CCOCC5)CC4)nc3OCC(F)(F)F)nc2)ccc1C#N. The van der Waals surface area contributed by atoms with E-state index in [2.05, 4.69) is 46.9 Å². The van der Waals surface area contributed by atoms with Crippen molar-refractivity contribution in [3.05, 3.63) is 48.7 Å². The second-order valence-electron chi connectivity index (χ2n) is 11.5. The van der Waals surface area contributed by atoms with Gasteiger partial charge in [0.1, 0.15) is 29.9 Å². The first-order valence-corrected chi connectivity index (χ1v) is 15.4. The summed E-state index contributed by atoms with van der Waals surface area (Å²) in [5, 5.41) is 28.0. The van der Waals surface area contributed by atoms with E-state index in [1.165, 1.54) is 11.0 Å². The highest BCUT2D eigenvalue weighted by atomic mass is 19.4. The van der Waals surface area contributed by atoms with Crippen LogP contribution in [0.1, 0.15) is 44.2 Å². The highest BCUT2D eigenvalue weighted by molar-refractivity contribution is 5.67. The van der Waals surface area contributed by atoms with Crippen LogP contribution in [0, 0.1) is 11.3 Å². The van der Waals surface area contributed by atoms with Gasteiger partial charge in [-0.3, -0.25) is 9.58 Å². The van der Waals surface area contributed by atoms with Crippen LogP contribution in [-0.4, -0.2) is 96.1 Å². The lowest BCUT2D eigenvalue weighted by Crippen LogP contribution is -2.45. The molecule has 0 spiro atoms. The average Bonchev–Trinajstić information content (AvgIpc) is 3.74. The van der Waals surface area contributed by atoms with E-state index < -0.39 is 12.8 Å². The molecule has 14 nitrogen and oxygen atoms in total. The molecule has 0 amide bonds. The number of tetrazole rings is 1. The minimum atomic E-state index is -4.52. The van der Waals surface area contributed by atoms with Gasteiger partial charge in [0.25, 0.3) is 5.88 Å². The first-order chi connectivity index (χ1) is 22.7.